The molecule has 0 saturated carbocycles. The van der Waals surface area contributed by atoms with Crippen molar-refractivity contribution in [3.05, 3.63) is 0 Å². The lowest BCUT2D eigenvalue weighted by molar-refractivity contribution is 0.105. The minimum atomic E-state index is -1.08. The molecule has 0 amide bonds. The highest BCUT2D eigenvalue weighted by Gasteiger charge is 2.34. The van der Waals surface area contributed by atoms with Crippen LogP contribution in [-0.2, 0) is 9.47 Å². The molecule has 1 N–H and O–H groups in total. The second-order valence-electron chi connectivity index (χ2n) is 3.61. The van der Waals surface area contributed by atoms with Gasteiger partial charge in [0.1, 0.15) is 18.8 Å². The zero-order chi connectivity index (χ0) is 10.0. The molecule has 0 aromatic rings. The van der Waals surface area contributed by atoms with Gasteiger partial charge >= 0.3 is 0 Å². The van der Waals surface area contributed by atoms with Gasteiger partial charge in [-0.3, -0.25) is 4.99 Å². The Balaban J connectivity index is 2.00. The standard InChI is InChI=1S/C9H14N2O3/c1-9(12,8-11-3-5-14-8)6-7-10-2-4-13-7/h12H,2-6H2,1H3. The van der Waals surface area contributed by atoms with Crippen molar-refractivity contribution < 1.29 is 14.6 Å². The van der Waals surface area contributed by atoms with Crippen LogP contribution in [0.5, 0.6) is 0 Å². The van der Waals surface area contributed by atoms with Crippen molar-refractivity contribution in [3.8, 4) is 0 Å². The number of ether oxygens (including phenoxy) is 2. The molecule has 5 nitrogen and oxygen atoms in total. The van der Waals surface area contributed by atoms with Gasteiger partial charge in [-0.05, 0) is 6.92 Å². The third-order valence-corrected chi connectivity index (χ3v) is 2.19. The van der Waals surface area contributed by atoms with Crippen molar-refractivity contribution in [2.24, 2.45) is 9.98 Å². The maximum absolute atomic E-state index is 10.1. The van der Waals surface area contributed by atoms with E-state index < -0.39 is 5.60 Å². The van der Waals surface area contributed by atoms with Crippen molar-refractivity contribution in [2.75, 3.05) is 26.3 Å². The molecule has 0 radical (unpaired) electrons. The number of nitrogens with zero attached hydrogens (tertiary/aromatic N) is 2. The molecule has 14 heavy (non-hydrogen) atoms. The minimum absolute atomic E-state index is 0.339. The molecule has 0 saturated heterocycles. The molecule has 2 aliphatic rings. The van der Waals surface area contributed by atoms with Crippen LogP contribution in [0.4, 0.5) is 0 Å². The summed E-state index contributed by atoms with van der Waals surface area (Å²) in [6.07, 6.45) is 0.339. The molecule has 0 bridgehead atoms. The van der Waals surface area contributed by atoms with Gasteiger partial charge in [0.25, 0.3) is 0 Å². The fourth-order valence-corrected chi connectivity index (χ4v) is 1.52. The summed E-state index contributed by atoms with van der Waals surface area (Å²) in [7, 11) is 0. The van der Waals surface area contributed by atoms with Crippen LogP contribution in [0.15, 0.2) is 9.98 Å². The molecule has 0 fully saturated rings. The Bertz CT molecular complexity index is 284. The first-order chi connectivity index (χ1) is 6.68. The molecule has 2 aliphatic heterocycles. The topological polar surface area (TPSA) is 63.4 Å². The largest absolute Gasteiger partial charge is 0.479 e. The molecule has 2 heterocycles. The summed E-state index contributed by atoms with van der Waals surface area (Å²) in [5, 5.41) is 10.1. The Morgan fingerprint density at radius 3 is 2.57 bits per heavy atom. The van der Waals surface area contributed by atoms with E-state index in [0.717, 1.165) is 0 Å². The van der Waals surface area contributed by atoms with E-state index >= 15 is 0 Å². The summed E-state index contributed by atoms with van der Waals surface area (Å²) in [5.41, 5.74) is -1.08. The quantitative estimate of drug-likeness (QED) is 0.693. The highest BCUT2D eigenvalue weighted by Crippen LogP contribution is 2.18. The van der Waals surface area contributed by atoms with Gasteiger partial charge < -0.3 is 14.6 Å². The van der Waals surface area contributed by atoms with Crippen LogP contribution < -0.4 is 0 Å². The zero-order valence-corrected chi connectivity index (χ0v) is 8.19. The Labute approximate surface area is 82.5 Å². The van der Waals surface area contributed by atoms with E-state index in [1.165, 1.54) is 0 Å². The molecule has 1 atom stereocenters. The number of hydrogen-bond donors (Lipinski definition) is 1. The molecule has 0 aliphatic carbocycles. The molecule has 78 valence electrons. The lowest BCUT2D eigenvalue weighted by Gasteiger charge is -2.21. The SMILES string of the molecule is CC(O)(CC1=NCCO1)C1=NCCO1. The van der Waals surface area contributed by atoms with Gasteiger partial charge in [-0.25, -0.2) is 4.99 Å². The molecule has 0 aromatic carbocycles. The molecular weight excluding hydrogens is 184 g/mol. The van der Waals surface area contributed by atoms with E-state index in [-0.39, 0.29) is 0 Å². The van der Waals surface area contributed by atoms with E-state index in [4.69, 9.17) is 9.47 Å². The first-order valence-corrected chi connectivity index (χ1v) is 4.75. The lowest BCUT2D eigenvalue weighted by Crippen LogP contribution is -2.37. The van der Waals surface area contributed by atoms with Gasteiger partial charge in [-0.1, -0.05) is 0 Å². The van der Waals surface area contributed by atoms with Gasteiger partial charge in [-0.15, -0.1) is 0 Å². The van der Waals surface area contributed by atoms with E-state index in [1.807, 2.05) is 0 Å². The Morgan fingerprint density at radius 1 is 1.29 bits per heavy atom. The molecule has 5 heteroatoms. The zero-order valence-electron chi connectivity index (χ0n) is 8.19. The first-order valence-electron chi connectivity index (χ1n) is 4.75. The minimum Gasteiger partial charge on any atom is -0.479 e. The van der Waals surface area contributed by atoms with Crippen molar-refractivity contribution in [1.82, 2.24) is 0 Å². The van der Waals surface area contributed by atoms with Gasteiger partial charge in [0.2, 0.25) is 5.90 Å². The third kappa shape index (κ3) is 1.87. The normalized spacial score (nSPS) is 24.7. The van der Waals surface area contributed by atoms with Gasteiger partial charge in [-0.2, -0.15) is 0 Å². The molecular formula is C9H14N2O3. The van der Waals surface area contributed by atoms with Crippen molar-refractivity contribution in [1.29, 1.82) is 0 Å². The smallest absolute Gasteiger partial charge is 0.216 e. The highest BCUT2D eigenvalue weighted by atomic mass is 16.5. The second kappa shape index (κ2) is 3.57. The number of aliphatic imine (C=N–C) groups is 2. The fourth-order valence-electron chi connectivity index (χ4n) is 1.52. The van der Waals surface area contributed by atoms with Gasteiger partial charge in [0, 0.05) is 0 Å². The maximum atomic E-state index is 10.1. The molecule has 0 spiro atoms. The average molecular weight is 198 g/mol. The van der Waals surface area contributed by atoms with Crippen molar-refractivity contribution in [2.45, 2.75) is 18.9 Å². The summed E-state index contributed by atoms with van der Waals surface area (Å²) in [6, 6.07) is 0. The van der Waals surface area contributed by atoms with Crippen LogP contribution in [0.3, 0.4) is 0 Å². The Kier molecular flexibility index (Phi) is 2.41. The Hall–Kier alpha value is -1.10. The van der Waals surface area contributed by atoms with Crippen molar-refractivity contribution >= 4 is 11.8 Å². The van der Waals surface area contributed by atoms with Crippen LogP contribution in [-0.4, -0.2) is 48.8 Å². The molecule has 1 unspecified atom stereocenters. The molecule has 0 aromatic heterocycles. The van der Waals surface area contributed by atoms with Gasteiger partial charge in [0.15, 0.2) is 5.90 Å². The monoisotopic (exact) mass is 198 g/mol. The predicted molar refractivity (Wildman–Crippen MR) is 51.7 cm³/mol. The lowest BCUT2D eigenvalue weighted by atomic mass is 10.0. The average Bonchev–Trinajstić information content (AvgIpc) is 2.71. The van der Waals surface area contributed by atoms with Crippen LogP contribution in [0, 0.1) is 0 Å². The summed E-state index contributed by atoms with van der Waals surface area (Å²) < 4.78 is 10.4. The van der Waals surface area contributed by atoms with Crippen LogP contribution >= 0.6 is 0 Å². The van der Waals surface area contributed by atoms with Crippen molar-refractivity contribution in [3.63, 3.8) is 0 Å². The predicted octanol–water partition coefficient (Wildman–Crippen LogP) is -0.0151. The summed E-state index contributed by atoms with van der Waals surface area (Å²) in [6.45, 7) is 4.14. The van der Waals surface area contributed by atoms with Crippen LogP contribution in [0.25, 0.3) is 0 Å². The Morgan fingerprint density at radius 2 is 2.00 bits per heavy atom. The van der Waals surface area contributed by atoms with Crippen LogP contribution in [0.2, 0.25) is 0 Å². The van der Waals surface area contributed by atoms with E-state index in [2.05, 4.69) is 9.98 Å². The molecule has 2 rings (SSSR count). The third-order valence-electron chi connectivity index (χ3n) is 2.19. The number of aliphatic hydroxyl groups is 1. The second-order valence-corrected chi connectivity index (χ2v) is 3.61. The van der Waals surface area contributed by atoms with Crippen LogP contribution in [0.1, 0.15) is 13.3 Å². The summed E-state index contributed by atoms with van der Waals surface area (Å²) >= 11 is 0. The maximum Gasteiger partial charge on any atom is 0.216 e. The van der Waals surface area contributed by atoms with E-state index in [0.29, 0.717) is 44.5 Å². The number of rotatable bonds is 3. The summed E-state index contributed by atoms with van der Waals surface area (Å²) in [5.74, 6) is 0.990. The number of hydrogen-bond acceptors (Lipinski definition) is 5. The summed E-state index contributed by atoms with van der Waals surface area (Å²) in [4.78, 5) is 8.20. The highest BCUT2D eigenvalue weighted by molar-refractivity contribution is 5.91. The first kappa shape index (κ1) is 9.45. The fraction of sp³-hybridized carbons (Fsp3) is 0.778. The van der Waals surface area contributed by atoms with E-state index in [9.17, 15) is 5.11 Å². The van der Waals surface area contributed by atoms with Gasteiger partial charge in [0.05, 0.1) is 19.5 Å². The van der Waals surface area contributed by atoms with E-state index in [1.54, 1.807) is 6.92 Å².